The first-order chi connectivity index (χ1) is 11.9. The largest absolute Gasteiger partial charge is 0.378 e. The first-order valence-corrected chi connectivity index (χ1v) is 9.36. The van der Waals surface area contributed by atoms with Gasteiger partial charge in [0, 0.05) is 24.5 Å². The number of nitrogens with zero attached hydrogens (tertiary/aromatic N) is 1. The van der Waals surface area contributed by atoms with E-state index in [2.05, 4.69) is 10.2 Å². The highest BCUT2D eigenvalue weighted by Gasteiger charge is 2.19. The molecule has 3 N–H and O–H groups in total. The molecule has 3 rings (SSSR count). The lowest BCUT2D eigenvalue weighted by Gasteiger charge is -2.30. The molecule has 0 atom stereocenters. The molecule has 0 saturated carbocycles. The number of hydrogen-bond acceptors (Lipinski definition) is 5. The summed E-state index contributed by atoms with van der Waals surface area (Å²) >= 11 is 0. The fourth-order valence-electron chi connectivity index (χ4n) is 2.69. The van der Waals surface area contributed by atoms with Gasteiger partial charge < -0.3 is 15.0 Å². The van der Waals surface area contributed by atoms with Crippen LogP contribution in [0.15, 0.2) is 53.4 Å². The van der Waals surface area contributed by atoms with Gasteiger partial charge >= 0.3 is 0 Å². The van der Waals surface area contributed by atoms with Crippen LogP contribution in [0.25, 0.3) is 0 Å². The minimum Gasteiger partial charge on any atom is -0.378 e. The monoisotopic (exact) mass is 361 g/mol. The van der Waals surface area contributed by atoms with E-state index in [1.165, 1.54) is 18.2 Å². The summed E-state index contributed by atoms with van der Waals surface area (Å²) in [6.07, 6.45) is 0. The molecule has 7 nitrogen and oxygen atoms in total. The van der Waals surface area contributed by atoms with Gasteiger partial charge in [0.25, 0.3) is 5.91 Å². The lowest BCUT2D eigenvalue weighted by atomic mass is 10.1. The predicted molar refractivity (Wildman–Crippen MR) is 95.2 cm³/mol. The molecule has 0 radical (unpaired) electrons. The van der Waals surface area contributed by atoms with Gasteiger partial charge in [0.15, 0.2) is 0 Å². The highest BCUT2D eigenvalue weighted by molar-refractivity contribution is 7.89. The van der Waals surface area contributed by atoms with Gasteiger partial charge in [-0.25, -0.2) is 13.6 Å². The third-order valence-corrected chi connectivity index (χ3v) is 4.83. The highest BCUT2D eigenvalue weighted by atomic mass is 32.2. The summed E-state index contributed by atoms with van der Waals surface area (Å²) in [4.78, 5) is 14.7. The number of para-hydroxylation sites is 1. The number of primary sulfonamides is 1. The lowest BCUT2D eigenvalue weighted by Crippen LogP contribution is -2.37. The Morgan fingerprint density at radius 2 is 1.80 bits per heavy atom. The highest BCUT2D eigenvalue weighted by Crippen LogP contribution is 2.23. The van der Waals surface area contributed by atoms with Crippen LogP contribution in [0, 0.1) is 0 Å². The molecule has 0 aromatic heterocycles. The molecule has 1 saturated heterocycles. The van der Waals surface area contributed by atoms with Crippen molar-refractivity contribution in [3.05, 3.63) is 54.1 Å². The Morgan fingerprint density at radius 3 is 2.52 bits per heavy atom. The van der Waals surface area contributed by atoms with Crippen LogP contribution in [0.3, 0.4) is 0 Å². The number of morpholine rings is 1. The molecule has 25 heavy (non-hydrogen) atoms. The Kier molecular flexibility index (Phi) is 5.03. The Morgan fingerprint density at radius 1 is 1.08 bits per heavy atom. The first-order valence-electron chi connectivity index (χ1n) is 7.81. The van der Waals surface area contributed by atoms with Crippen molar-refractivity contribution in [3.63, 3.8) is 0 Å². The van der Waals surface area contributed by atoms with Gasteiger partial charge in [-0.15, -0.1) is 0 Å². The molecular formula is C17H19N3O4S. The van der Waals surface area contributed by atoms with Crippen molar-refractivity contribution < 1.29 is 17.9 Å². The smallest absolute Gasteiger partial charge is 0.257 e. The molecule has 1 amide bonds. The van der Waals surface area contributed by atoms with Crippen LogP contribution in [0.5, 0.6) is 0 Å². The van der Waals surface area contributed by atoms with E-state index < -0.39 is 10.0 Å². The zero-order valence-corrected chi connectivity index (χ0v) is 14.3. The number of nitrogens with one attached hydrogen (secondary N) is 1. The molecule has 1 fully saturated rings. The zero-order valence-electron chi connectivity index (χ0n) is 13.5. The number of sulfonamides is 1. The zero-order chi connectivity index (χ0) is 17.9. The van der Waals surface area contributed by atoms with Crippen LogP contribution in [0.2, 0.25) is 0 Å². The number of nitrogens with two attached hydrogens (primary N) is 1. The number of carbonyl (C=O) groups is 1. The second-order valence-corrected chi connectivity index (χ2v) is 7.20. The number of carbonyl (C=O) groups excluding carboxylic acids is 1. The number of ether oxygens (including phenoxy) is 1. The molecule has 0 spiro atoms. The van der Waals surface area contributed by atoms with Crippen LogP contribution in [0.4, 0.5) is 11.4 Å². The van der Waals surface area contributed by atoms with Gasteiger partial charge in [0.2, 0.25) is 10.0 Å². The molecule has 1 heterocycles. The standard InChI is InChI=1S/C17H19N3O4S/c18-25(22,23)14-5-3-4-13(12-14)19-17(21)15-6-1-2-7-16(15)20-8-10-24-11-9-20/h1-7,12H,8-11H2,(H,19,21)(H2,18,22,23). The normalized spacial score (nSPS) is 15.0. The van der Waals surface area contributed by atoms with Crippen molar-refractivity contribution in [2.45, 2.75) is 4.90 Å². The molecule has 8 heteroatoms. The third-order valence-electron chi connectivity index (χ3n) is 3.92. The number of amides is 1. The van der Waals surface area contributed by atoms with Crippen LogP contribution in [-0.2, 0) is 14.8 Å². The van der Waals surface area contributed by atoms with E-state index in [0.29, 0.717) is 37.6 Å². The second kappa shape index (κ2) is 7.22. The summed E-state index contributed by atoms with van der Waals surface area (Å²) in [7, 11) is -3.82. The Hall–Kier alpha value is -2.42. The van der Waals surface area contributed by atoms with Gasteiger partial charge in [0.1, 0.15) is 0 Å². The van der Waals surface area contributed by atoms with Crippen LogP contribution in [-0.4, -0.2) is 40.6 Å². The number of hydrogen-bond donors (Lipinski definition) is 2. The third kappa shape index (κ3) is 4.16. The van der Waals surface area contributed by atoms with Crippen LogP contribution < -0.4 is 15.4 Å². The maximum atomic E-state index is 12.7. The first kappa shape index (κ1) is 17.4. The van der Waals surface area contributed by atoms with E-state index in [9.17, 15) is 13.2 Å². The van der Waals surface area contributed by atoms with Gasteiger partial charge in [-0.2, -0.15) is 0 Å². The van der Waals surface area contributed by atoms with Crippen molar-refractivity contribution in [1.29, 1.82) is 0 Å². The summed E-state index contributed by atoms with van der Waals surface area (Å²) < 4.78 is 28.2. The van der Waals surface area contributed by atoms with Crippen molar-refractivity contribution in [1.82, 2.24) is 0 Å². The molecule has 2 aromatic carbocycles. The van der Waals surface area contributed by atoms with E-state index in [0.717, 1.165) is 5.69 Å². The van der Waals surface area contributed by atoms with E-state index in [4.69, 9.17) is 9.88 Å². The van der Waals surface area contributed by atoms with E-state index in [1.807, 2.05) is 12.1 Å². The Balaban J connectivity index is 1.85. The summed E-state index contributed by atoms with van der Waals surface area (Å²) in [6, 6.07) is 13.2. The number of benzene rings is 2. The van der Waals surface area contributed by atoms with Crippen LogP contribution >= 0.6 is 0 Å². The molecule has 2 aromatic rings. The summed E-state index contributed by atoms with van der Waals surface area (Å²) in [5.41, 5.74) is 1.71. The molecule has 0 aliphatic carbocycles. The van der Waals surface area contributed by atoms with Crippen molar-refractivity contribution in [3.8, 4) is 0 Å². The molecule has 1 aliphatic heterocycles. The molecule has 1 aliphatic rings. The summed E-state index contributed by atoms with van der Waals surface area (Å²) in [6.45, 7) is 2.66. The minimum absolute atomic E-state index is 0.0493. The molecular weight excluding hydrogens is 342 g/mol. The van der Waals surface area contributed by atoms with E-state index in [1.54, 1.807) is 18.2 Å². The van der Waals surface area contributed by atoms with Gasteiger partial charge in [-0.1, -0.05) is 18.2 Å². The molecule has 132 valence electrons. The average molecular weight is 361 g/mol. The fourth-order valence-corrected chi connectivity index (χ4v) is 3.25. The number of rotatable bonds is 4. The van der Waals surface area contributed by atoms with Crippen molar-refractivity contribution in [2.24, 2.45) is 5.14 Å². The van der Waals surface area contributed by atoms with E-state index >= 15 is 0 Å². The summed E-state index contributed by atoms with van der Waals surface area (Å²) in [5.74, 6) is -0.311. The lowest BCUT2D eigenvalue weighted by molar-refractivity contribution is 0.102. The van der Waals surface area contributed by atoms with Crippen molar-refractivity contribution in [2.75, 3.05) is 36.5 Å². The Bertz CT molecular complexity index is 877. The topological polar surface area (TPSA) is 102 Å². The maximum Gasteiger partial charge on any atom is 0.257 e. The minimum atomic E-state index is -3.82. The van der Waals surface area contributed by atoms with Gasteiger partial charge in [-0.3, -0.25) is 4.79 Å². The molecule has 0 unspecified atom stereocenters. The van der Waals surface area contributed by atoms with Crippen molar-refractivity contribution >= 4 is 27.3 Å². The summed E-state index contributed by atoms with van der Waals surface area (Å²) in [5, 5.41) is 7.86. The SMILES string of the molecule is NS(=O)(=O)c1cccc(NC(=O)c2ccccc2N2CCOCC2)c1. The quantitative estimate of drug-likeness (QED) is 0.858. The fraction of sp³-hybridized carbons (Fsp3) is 0.235. The van der Waals surface area contributed by atoms with Crippen LogP contribution in [0.1, 0.15) is 10.4 Å². The number of anilines is 2. The van der Waals surface area contributed by atoms with Gasteiger partial charge in [0.05, 0.1) is 23.7 Å². The van der Waals surface area contributed by atoms with Gasteiger partial charge in [-0.05, 0) is 30.3 Å². The predicted octanol–water partition coefficient (Wildman–Crippen LogP) is 1.42. The molecule has 0 bridgehead atoms. The average Bonchev–Trinajstić information content (AvgIpc) is 2.62. The maximum absolute atomic E-state index is 12.7. The Labute approximate surface area is 146 Å². The van der Waals surface area contributed by atoms with E-state index in [-0.39, 0.29) is 10.8 Å². The second-order valence-electron chi connectivity index (χ2n) is 5.64.